The van der Waals surface area contributed by atoms with E-state index in [0.717, 1.165) is 5.56 Å². The van der Waals surface area contributed by atoms with Crippen LogP contribution in [0.15, 0.2) is 30.7 Å². The molecule has 0 fully saturated rings. The Balaban J connectivity index is 2.25. The fourth-order valence-corrected chi connectivity index (χ4v) is 1.20. The Morgan fingerprint density at radius 1 is 1.47 bits per heavy atom. The number of hydrogen-bond acceptors (Lipinski definition) is 4. The first-order chi connectivity index (χ1) is 7.27. The molecular weight excluding hydrogens is 196 g/mol. The molecule has 76 valence electrons. The van der Waals surface area contributed by atoms with Gasteiger partial charge in [-0.2, -0.15) is 0 Å². The monoisotopic (exact) mass is 204 g/mol. The maximum Gasteiger partial charge on any atom is 0.355 e. The van der Waals surface area contributed by atoms with E-state index in [4.69, 9.17) is 5.11 Å². The Bertz CT molecular complexity index is 466. The van der Waals surface area contributed by atoms with Gasteiger partial charge < -0.3 is 5.11 Å². The Morgan fingerprint density at radius 2 is 2.33 bits per heavy atom. The summed E-state index contributed by atoms with van der Waals surface area (Å²) in [5, 5.41) is 16.1. The van der Waals surface area contributed by atoms with Gasteiger partial charge >= 0.3 is 5.97 Å². The Morgan fingerprint density at radius 3 is 3.00 bits per heavy atom. The molecule has 0 aliphatic carbocycles. The van der Waals surface area contributed by atoms with Crippen LogP contribution in [0.4, 0.5) is 0 Å². The zero-order valence-corrected chi connectivity index (χ0v) is 7.74. The third-order valence-electron chi connectivity index (χ3n) is 1.89. The van der Waals surface area contributed by atoms with Gasteiger partial charge in [-0.25, -0.2) is 9.48 Å². The average Bonchev–Trinajstić information content (AvgIpc) is 2.67. The van der Waals surface area contributed by atoms with Crippen LogP contribution >= 0.6 is 0 Å². The van der Waals surface area contributed by atoms with E-state index in [0.29, 0.717) is 6.54 Å². The van der Waals surface area contributed by atoms with E-state index >= 15 is 0 Å². The van der Waals surface area contributed by atoms with Crippen molar-refractivity contribution in [1.82, 2.24) is 20.0 Å². The van der Waals surface area contributed by atoms with E-state index in [9.17, 15) is 4.79 Å². The van der Waals surface area contributed by atoms with Gasteiger partial charge in [0.15, 0.2) is 5.69 Å². The molecule has 0 aliphatic heterocycles. The first kappa shape index (κ1) is 9.32. The fraction of sp³-hybridized carbons (Fsp3) is 0.111. The summed E-state index contributed by atoms with van der Waals surface area (Å²) in [6, 6.07) is 3.63. The minimum absolute atomic E-state index is 0.0684. The highest BCUT2D eigenvalue weighted by Crippen LogP contribution is 2.02. The number of carbonyl (C=O) groups is 1. The van der Waals surface area contributed by atoms with Crippen LogP contribution in [0.3, 0.4) is 0 Å². The molecule has 2 rings (SSSR count). The molecule has 0 bridgehead atoms. The third-order valence-corrected chi connectivity index (χ3v) is 1.89. The first-order valence-corrected chi connectivity index (χ1v) is 4.28. The molecule has 2 aromatic rings. The van der Waals surface area contributed by atoms with Crippen molar-refractivity contribution in [3.8, 4) is 0 Å². The summed E-state index contributed by atoms with van der Waals surface area (Å²) < 4.78 is 1.32. The molecule has 0 spiro atoms. The van der Waals surface area contributed by atoms with E-state index in [1.54, 1.807) is 18.5 Å². The number of pyridine rings is 1. The van der Waals surface area contributed by atoms with E-state index in [-0.39, 0.29) is 5.69 Å². The number of aromatic carboxylic acids is 1. The molecule has 6 heteroatoms. The van der Waals surface area contributed by atoms with Crippen LogP contribution in [0.1, 0.15) is 16.1 Å². The van der Waals surface area contributed by atoms with E-state index < -0.39 is 5.97 Å². The van der Waals surface area contributed by atoms with Crippen molar-refractivity contribution >= 4 is 5.97 Å². The summed E-state index contributed by atoms with van der Waals surface area (Å²) in [4.78, 5) is 14.7. The van der Waals surface area contributed by atoms with E-state index in [2.05, 4.69) is 15.3 Å². The lowest BCUT2D eigenvalue weighted by Crippen LogP contribution is -2.10. The van der Waals surface area contributed by atoms with E-state index in [1.165, 1.54) is 10.9 Å². The molecular formula is C9H8N4O2. The zero-order chi connectivity index (χ0) is 10.7. The summed E-state index contributed by atoms with van der Waals surface area (Å²) in [6.07, 6.45) is 4.54. The third kappa shape index (κ3) is 1.98. The minimum atomic E-state index is -1.04. The first-order valence-electron chi connectivity index (χ1n) is 4.28. The molecule has 0 saturated carbocycles. The molecule has 1 N–H and O–H groups in total. The predicted octanol–water partition coefficient (Wildman–Crippen LogP) is 0.420. The summed E-state index contributed by atoms with van der Waals surface area (Å²) in [5.41, 5.74) is 0.948. The molecule has 6 nitrogen and oxygen atoms in total. The number of carboxylic acid groups (broad SMARTS) is 1. The van der Waals surface area contributed by atoms with Crippen LogP contribution in [-0.4, -0.2) is 31.1 Å². The molecule has 0 radical (unpaired) electrons. The van der Waals surface area contributed by atoms with Crippen molar-refractivity contribution in [3.05, 3.63) is 42.0 Å². The van der Waals surface area contributed by atoms with Crippen molar-refractivity contribution in [3.63, 3.8) is 0 Å². The van der Waals surface area contributed by atoms with Crippen LogP contribution < -0.4 is 0 Å². The number of hydrogen-bond donors (Lipinski definition) is 1. The van der Waals surface area contributed by atoms with Crippen LogP contribution in [-0.2, 0) is 6.54 Å². The number of carboxylic acids is 1. The van der Waals surface area contributed by atoms with Crippen LogP contribution in [0.25, 0.3) is 0 Å². The topological polar surface area (TPSA) is 80.9 Å². The Labute approximate surface area is 85.2 Å². The van der Waals surface area contributed by atoms with Gasteiger partial charge in [-0.05, 0) is 11.6 Å². The highest BCUT2D eigenvalue weighted by molar-refractivity contribution is 5.85. The molecule has 0 aromatic carbocycles. The lowest BCUT2D eigenvalue weighted by atomic mass is 10.3. The predicted molar refractivity (Wildman–Crippen MR) is 50.3 cm³/mol. The summed E-state index contributed by atoms with van der Waals surface area (Å²) in [5.74, 6) is -1.04. The molecule has 2 aromatic heterocycles. The summed E-state index contributed by atoms with van der Waals surface area (Å²) in [6.45, 7) is 0.357. The van der Waals surface area contributed by atoms with Crippen LogP contribution in [0, 0.1) is 0 Å². The van der Waals surface area contributed by atoms with Crippen molar-refractivity contribution < 1.29 is 9.90 Å². The maximum absolute atomic E-state index is 10.8. The lowest BCUT2D eigenvalue weighted by Gasteiger charge is -2.01. The largest absolute Gasteiger partial charge is 0.476 e. The quantitative estimate of drug-likeness (QED) is 0.783. The van der Waals surface area contributed by atoms with Crippen molar-refractivity contribution in [2.24, 2.45) is 0 Å². The minimum Gasteiger partial charge on any atom is -0.476 e. The highest BCUT2D eigenvalue weighted by Gasteiger charge is 2.11. The SMILES string of the molecule is O=C(O)c1cnnn1Cc1cccnc1. The van der Waals surface area contributed by atoms with Crippen molar-refractivity contribution in [2.75, 3.05) is 0 Å². The maximum atomic E-state index is 10.8. The van der Waals surface area contributed by atoms with Gasteiger partial charge in [0.2, 0.25) is 0 Å². The van der Waals surface area contributed by atoms with Gasteiger partial charge in [0.25, 0.3) is 0 Å². The second-order valence-electron chi connectivity index (χ2n) is 2.94. The number of rotatable bonds is 3. The molecule has 2 heterocycles. The van der Waals surface area contributed by atoms with Crippen LogP contribution in [0.5, 0.6) is 0 Å². The molecule has 0 unspecified atom stereocenters. The standard InChI is InChI=1S/C9H8N4O2/c14-9(15)8-5-11-12-13(8)6-7-2-1-3-10-4-7/h1-5H,6H2,(H,14,15). The molecule has 0 amide bonds. The molecule has 0 saturated heterocycles. The normalized spacial score (nSPS) is 10.1. The molecule has 0 aliphatic rings. The summed E-state index contributed by atoms with van der Waals surface area (Å²) >= 11 is 0. The molecule has 15 heavy (non-hydrogen) atoms. The fourth-order valence-electron chi connectivity index (χ4n) is 1.20. The van der Waals surface area contributed by atoms with Crippen molar-refractivity contribution in [1.29, 1.82) is 0 Å². The smallest absolute Gasteiger partial charge is 0.355 e. The Hall–Kier alpha value is -2.24. The number of nitrogens with zero attached hydrogens (tertiary/aromatic N) is 4. The van der Waals surface area contributed by atoms with Gasteiger partial charge in [0.1, 0.15) is 0 Å². The van der Waals surface area contributed by atoms with E-state index in [1.807, 2.05) is 6.07 Å². The summed E-state index contributed by atoms with van der Waals surface area (Å²) in [7, 11) is 0. The highest BCUT2D eigenvalue weighted by atomic mass is 16.4. The Kier molecular flexibility index (Phi) is 2.40. The second kappa shape index (κ2) is 3.87. The van der Waals surface area contributed by atoms with Gasteiger partial charge in [0.05, 0.1) is 12.7 Å². The zero-order valence-electron chi connectivity index (χ0n) is 7.74. The van der Waals surface area contributed by atoms with Crippen LogP contribution in [0.2, 0.25) is 0 Å². The second-order valence-corrected chi connectivity index (χ2v) is 2.94. The van der Waals surface area contributed by atoms with Gasteiger partial charge in [-0.1, -0.05) is 11.3 Å². The average molecular weight is 204 g/mol. The van der Waals surface area contributed by atoms with Crippen molar-refractivity contribution in [2.45, 2.75) is 6.54 Å². The van der Waals surface area contributed by atoms with Gasteiger partial charge in [-0.15, -0.1) is 5.10 Å². The number of aromatic nitrogens is 4. The van der Waals surface area contributed by atoms with Gasteiger partial charge in [0, 0.05) is 12.4 Å². The van der Waals surface area contributed by atoms with Gasteiger partial charge in [-0.3, -0.25) is 4.98 Å². The lowest BCUT2D eigenvalue weighted by molar-refractivity contribution is 0.0684. The molecule has 0 atom stereocenters.